The summed E-state index contributed by atoms with van der Waals surface area (Å²) in [6, 6.07) is 3.93. The molecule has 1 aromatic rings. The lowest BCUT2D eigenvalue weighted by molar-refractivity contribution is 0.0697. The van der Waals surface area contributed by atoms with E-state index < -0.39 is 5.97 Å². The quantitative estimate of drug-likeness (QED) is 0.776. The Bertz CT molecular complexity index is 531. The number of carboxylic acid groups (broad SMARTS) is 1. The zero-order valence-electron chi connectivity index (χ0n) is 10.7. The van der Waals surface area contributed by atoms with Gasteiger partial charge in [0.25, 0.3) is 0 Å². The summed E-state index contributed by atoms with van der Waals surface area (Å²) in [4.78, 5) is 24.6. The molecule has 108 valence electrons. The Kier molecular flexibility index (Phi) is 4.46. The Morgan fingerprint density at radius 2 is 2.05 bits per heavy atom. The van der Waals surface area contributed by atoms with Crippen molar-refractivity contribution in [2.45, 2.75) is 18.9 Å². The number of halogens is 1. The first-order valence-corrected chi connectivity index (χ1v) is 6.61. The van der Waals surface area contributed by atoms with Gasteiger partial charge in [-0.05, 0) is 31.0 Å². The number of urea groups is 1. The highest BCUT2D eigenvalue weighted by molar-refractivity contribution is 6.31. The first kappa shape index (κ1) is 14.6. The number of aliphatic hydroxyl groups is 1. The van der Waals surface area contributed by atoms with E-state index in [4.69, 9.17) is 21.8 Å². The van der Waals surface area contributed by atoms with Gasteiger partial charge in [0.1, 0.15) is 0 Å². The van der Waals surface area contributed by atoms with Gasteiger partial charge in [-0.3, -0.25) is 0 Å². The van der Waals surface area contributed by atoms with Crippen LogP contribution >= 0.6 is 11.6 Å². The molecule has 0 aromatic heterocycles. The Morgan fingerprint density at radius 1 is 1.35 bits per heavy atom. The number of rotatable bonds is 5. The number of aromatic carboxylic acids is 1. The number of hydrogen-bond donors (Lipinski definition) is 3. The smallest absolute Gasteiger partial charge is 0.335 e. The van der Waals surface area contributed by atoms with Crippen LogP contribution < -0.4 is 5.32 Å². The van der Waals surface area contributed by atoms with Gasteiger partial charge in [0, 0.05) is 23.3 Å². The molecule has 0 aliphatic heterocycles. The van der Waals surface area contributed by atoms with Crippen molar-refractivity contribution in [3.63, 3.8) is 0 Å². The summed E-state index contributed by atoms with van der Waals surface area (Å²) in [5.41, 5.74) is 0.330. The van der Waals surface area contributed by atoms with Crippen molar-refractivity contribution in [1.29, 1.82) is 0 Å². The second-order valence-corrected chi connectivity index (χ2v) is 5.05. The molecule has 1 fully saturated rings. The van der Waals surface area contributed by atoms with Crippen molar-refractivity contribution in [2.75, 3.05) is 18.5 Å². The molecule has 2 rings (SSSR count). The molecule has 1 aliphatic carbocycles. The van der Waals surface area contributed by atoms with E-state index >= 15 is 0 Å². The number of aliphatic hydroxyl groups excluding tert-OH is 1. The van der Waals surface area contributed by atoms with Crippen molar-refractivity contribution in [3.8, 4) is 0 Å². The summed E-state index contributed by atoms with van der Waals surface area (Å²) in [7, 11) is 0. The van der Waals surface area contributed by atoms with Gasteiger partial charge in [0.2, 0.25) is 0 Å². The molecular formula is C13H15ClN2O4. The maximum atomic E-state index is 12.1. The molecule has 1 saturated carbocycles. The molecule has 1 aromatic carbocycles. The lowest BCUT2D eigenvalue weighted by atomic mass is 10.2. The third kappa shape index (κ3) is 3.61. The molecule has 0 saturated heterocycles. The number of benzene rings is 1. The van der Waals surface area contributed by atoms with Crippen molar-refractivity contribution < 1.29 is 19.8 Å². The summed E-state index contributed by atoms with van der Waals surface area (Å²) in [5, 5.41) is 20.8. The summed E-state index contributed by atoms with van der Waals surface area (Å²) >= 11 is 5.82. The number of hydrogen-bond acceptors (Lipinski definition) is 3. The van der Waals surface area contributed by atoms with Crippen molar-refractivity contribution in [2.24, 2.45) is 0 Å². The maximum absolute atomic E-state index is 12.1. The summed E-state index contributed by atoms with van der Waals surface area (Å²) in [6.45, 7) is 0.142. The summed E-state index contributed by atoms with van der Waals surface area (Å²) < 4.78 is 0. The molecule has 0 heterocycles. The number of anilines is 1. The van der Waals surface area contributed by atoms with E-state index in [1.807, 2.05) is 0 Å². The molecular weight excluding hydrogens is 284 g/mol. The molecule has 20 heavy (non-hydrogen) atoms. The average molecular weight is 299 g/mol. The highest BCUT2D eigenvalue weighted by Crippen LogP contribution is 2.27. The highest BCUT2D eigenvalue weighted by atomic mass is 35.5. The highest BCUT2D eigenvalue weighted by Gasteiger charge is 2.32. The summed E-state index contributed by atoms with van der Waals surface area (Å²) in [5.74, 6) is -1.11. The zero-order chi connectivity index (χ0) is 14.7. The van der Waals surface area contributed by atoms with Gasteiger partial charge in [0.15, 0.2) is 0 Å². The summed E-state index contributed by atoms with van der Waals surface area (Å²) in [6.07, 6.45) is 1.84. The van der Waals surface area contributed by atoms with Crippen LogP contribution in [-0.2, 0) is 0 Å². The third-order valence-corrected chi connectivity index (χ3v) is 3.20. The van der Waals surface area contributed by atoms with Crippen LogP contribution in [0.1, 0.15) is 23.2 Å². The Morgan fingerprint density at radius 3 is 2.60 bits per heavy atom. The topological polar surface area (TPSA) is 89.9 Å². The van der Waals surface area contributed by atoms with Gasteiger partial charge >= 0.3 is 12.0 Å². The monoisotopic (exact) mass is 298 g/mol. The Labute approximate surface area is 121 Å². The lowest BCUT2D eigenvalue weighted by Crippen LogP contribution is -2.38. The number of carbonyl (C=O) groups is 2. The minimum Gasteiger partial charge on any atom is -0.478 e. The van der Waals surface area contributed by atoms with Crippen molar-refractivity contribution in [1.82, 2.24) is 4.90 Å². The van der Waals surface area contributed by atoms with E-state index in [1.54, 1.807) is 4.90 Å². The van der Waals surface area contributed by atoms with E-state index in [0.29, 0.717) is 5.69 Å². The normalized spacial score (nSPS) is 13.9. The SMILES string of the molecule is O=C(O)c1cc(Cl)cc(NC(=O)N(CCO)C2CC2)c1. The molecule has 0 radical (unpaired) electrons. The van der Waals surface area contributed by atoms with Crippen LogP contribution in [0.25, 0.3) is 0 Å². The largest absolute Gasteiger partial charge is 0.478 e. The number of amides is 2. The number of nitrogens with one attached hydrogen (secondary N) is 1. The maximum Gasteiger partial charge on any atom is 0.335 e. The van der Waals surface area contributed by atoms with Crippen LogP contribution in [-0.4, -0.2) is 46.3 Å². The molecule has 7 heteroatoms. The van der Waals surface area contributed by atoms with Crippen LogP contribution in [0.2, 0.25) is 5.02 Å². The van der Waals surface area contributed by atoms with Crippen LogP contribution in [0.4, 0.5) is 10.5 Å². The lowest BCUT2D eigenvalue weighted by Gasteiger charge is -2.21. The van der Waals surface area contributed by atoms with Gasteiger partial charge in [-0.2, -0.15) is 0 Å². The van der Waals surface area contributed by atoms with Crippen LogP contribution in [0.5, 0.6) is 0 Å². The third-order valence-electron chi connectivity index (χ3n) is 2.99. The van der Waals surface area contributed by atoms with Crippen molar-refractivity contribution in [3.05, 3.63) is 28.8 Å². The molecule has 0 spiro atoms. The van der Waals surface area contributed by atoms with Gasteiger partial charge in [-0.1, -0.05) is 11.6 Å². The molecule has 3 N–H and O–H groups in total. The van der Waals surface area contributed by atoms with E-state index in [-0.39, 0.29) is 35.8 Å². The zero-order valence-corrected chi connectivity index (χ0v) is 11.4. The van der Waals surface area contributed by atoms with Crippen LogP contribution in [0.15, 0.2) is 18.2 Å². The van der Waals surface area contributed by atoms with Crippen LogP contribution in [0.3, 0.4) is 0 Å². The van der Waals surface area contributed by atoms with Gasteiger partial charge in [0.05, 0.1) is 12.2 Å². The fourth-order valence-corrected chi connectivity index (χ4v) is 2.16. The molecule has 0 bridgehead atoms. The minimum atomic E-state index is -1.11. The van der Waals surface area contributed by atoms with Gasteiger partial charge < -0.3 is 20.4 Å². The second kappa shape index (κ2) is 6.11. The first-order valence-electron chi connectivity index (χ1n) is 6.23. The van der Waals surface area contributed by atoms with E-state index in [0.717, 1.165) is 12.8 Å². The predicted octanol–water partition coefficient (Wildman–Crippen LogP) is 2.03. The second-order valence-electron chi connectivity index (χ2n) is 4.61. The van der Waals surface area contributed by atoms with E-state index in [2.05, 4.69) is 5.32 Å². The fourth-order valence-electron chi connectivity index (χ4n) is 1.92. The van der Waals surface area contributed by atoms with Crippen molar-refractivity contribution >= 4 is 29.3 Å². The number of carbonyl (C=O) groups excluding carboxylic acids is 1. The predicted molar refractivity (Wildman–Crippen MR) is 74.2 cm³/mol. The molecule has 0 unspecified atom stereocenters. The number of nitrogens with zero attached hydrogens (tertiary/aromatic N) is 1. The standard InChI is InChI=1S/C13H15ClN2O4/c14-9-5-8(12(18)19)6-10(7-9)15-13(20)16(3-4-17)11-1-2-11/h5-7,11,17H,1-4H2,(H,15,20)(H,18,19). The van der Waals surface area contributed by atoms with E-state index in [9.17, 15) is 9.59 Å². The van der Waals surface area contributed by atoms with Gasteiger partial charge in [-0.15, -0.1) is 0 Å². The molecule has 2 amide bonds. The van der Waals surface area contributed by atoms with Gasteiger partial charge in [-0.25, -0.2) is 9.59 Å². The fraction of sp³-hybridized carbons (Fsp3) is 0.385. The average Bonchev–Trinajstić information content (AvgIpc) is 3.19. The Balaban J connectivity index is 2.12. The molecule has 6 nitrogen and oxygen atoms in total. The molecule has 1 aliphatic rings. The Hall–Kier alpha value is -1.79. The molecule has 0 atom stereocenters. The first-order chi connectivity index (χ1) is 9.51. The number of carboxylic acids is 1. The minimum absolute atomic E-state index is 0.00734. The van der Waals surface area contributed by atoms with E-state index in [1.165, 1.54) is 18.2 Å². The van der Waals surface area contributed by atoms with Crippen LogP contribution in [0, 0.1) is 0 Å².